The Morgan fingerprint density at radius 2 is 1.96 bits per heavy atom. The molecule has 1 aliphatic rings. The summed E-state index contributed by atoms with van der Waals surface area (Å²) >= 11 is 0. The third-order valence-corrected chi connectivity index (χ3v) is 6.34. The van der Waals surface area contributed by atoms with Crippen molar-refractivity contribution in [3.63, 3.8) is 0 Å². The Balaban J connectivity index is 1.58. The van der Waals surface area contributed by atoms with E-state index in [0.717, 1.165) is 23.1 Å². The quantitative estimate of drug-likeness (QED) is 0.648. The molecule has 2 heterocycles. The van der Waals surface area contributed by atoms with Crippen LogP contribution in [0.5, 0.6) is 0 Å². The molecule has 1 aromatic heterocycles. The first-order chi connectivity index (χ1) is 13.5. The van der Waals surface area contributed by atoms with Gasteiger partial charge in [-0.25, -0.2) is 8.42 Å². The SMILES string of the molecule is Cc1cccc(-c2noc(C3CCCN3S(=O)(=O)/C=C/c3ccccc3)n2)c1. The molecule has 1 atom stereocenters. The van der Waals surface area contributed by atoms with E-state index in [0.29, 0.717) is 24.7 Å². The number of nitrogens with zero attached hydrogens (tertiary/aromatic N) is 3. The van der Waals surface area contributed by atoms with Gasteiger partial charge >= 0.3 is 0 Å². The van der Waals surface area contributed by atoms with E-state index in [-0.39, 0.29) is 0 Å². The highest BCUT2D eigenvalue weighted by Gasteiger charge is 2.37. The maximum atomic E-state index is 12.9. The Labute approximate surface area is 164 Å². The Morgan fingerprint density at radius 1 is 1.14 bits per heavy atom. The third-order valence-electron chi connectivity index (χ3n) is 4.77. The fourth-order valence-electron chi connectivity index (χ4n) is 3.37. The molecule has 1 saturated heterocycles. The normalized spacial score (nSPS) is 18.1. The average Bonchev–Trinajstić information content (AvgIpc) is 3.37. The Bertz CT molecular complexity index is 1090. The number of aromatic nitrogens is 2. The highest BCUT2D eigenvalue weighted by atomic mass is 32.2. The molecule has 0 amide bonds. The lowest BCUT2D eigenvalue weighted by molar-refractivity contribution is 0.292. The number of hydrogen-bond donors (Lipinski definition) is 0. The summed E-state index contributed by atoms with van der Waals surface area (Å²) in [5.41, 5.74) is 2.78. The lowest BCUT2D eigenvalue weighted by Gasteiger charge is -2.19. The van der Waals surface area contributed by atoms with Crippen LogP contribution in [-0.2, 0) is 10.0 Å². The van der Waals surface area contributed by atoms with Crippen LogP contribution < -0.4 is 0 Å². The van der Waals surface area contributed by atoms with Crippen LogP contribution >= 0.6 is 0 Å². The van der Waals surface area contributed by atoms with E-state index in [1.807, 2.05) is 61.5 Å². The maximum absolute atomic E-state index is 12.9. The van der Waals surface area contributed by atoms with Crippen molar-refractivity contribution in [2.75, 3.05) is 6.54 Å². The van der Waals surface area contributed by atoms with Crippen LogP contribution in [0.15, 0.2) is 64.5 Å². The fraction of sp³-hybridized carbons (Fsp3) is 0.238. The van der Waals surface area contributed by atoms with E-state index >= 15 is 0 Å². The summed E-state index contributed by atoms with van der Waals surface area (Å²) in [4.78, 5) is 4.48. The number of hydrogen-bond acceptors (Lipinski definition) is 5. The first kappa shape index (κ1) is 18.6. The molecule has 7 heteroatoms. The Morgan fingerprint density at radius 3 is 2.75 bits per heavy atom. The lowest BCUT2D eigenvalue weighted by atomic mass is 10.1. The van der Waals surface area contributed by atoms with Gasteiger partial charge in [0.25, 0.3) is 0 Å². The van der Waals surface area contributed by atoms with Gasteiger partial charge in [-0.3, -0.25) is 0 Å². The van der Waals surface area contributed by atoms with E-state index in [2.05, 4.69) is 10.1 Å². The summed E-state index contributed by atoms with van der Waals surface area (Å²) in [6.45, 7) is 2.43. The molecule has 6 nitrogen and oxygen atoms in total. The van der Waals surface area contributed by atoms with Gasteiger partial charge in [-0.15, -0.1) is 0 Å². The van der Waals surface area contributed by atoms with Crippen LogP contribution in [0.25, 0.3) is 17.5 Å². The number of rotatable bonds is 5. The molecule has 4 rings (SSSR count). The minimum atomic E-state index is -3.59. The van der Waals surface area contributed by atoms with E-state index in [1.54, 1.807) is 6.08 Å². The first-order valence-electron chi connectivity index (χ1n) is 9.18. The highest BCUT2D eigenvalue weighted by molar-refractivity contribution is 7.92. The average molecular weight is 395 g/mol. The Hall–Kier alpha value is -2.77. The summed E-state index contributed by atoms with van der Waals surface area (Å²) < 4.78 is 32.6. The molecule has 0 saturated carbocycles. The van der Waals surface area contributed by atoms with Gasteiger partial charge in [0, 0.05) is 17.5 Å². The molecule has 0 aliphatic carbocycles. The monoisotopic (exact) mass is 395 g/mol. The molecule has 0 radical (unpaired) electrons. The van der Waals surface area contributed by atoms with Gasteiger partial charge in [0.05, 0.1) is 0 Å². The van der Waals surface area contributed by atoms with Gasteiger partial charge in [0.15, 0.2) is 0 Å². The van der Waals surface area contributed by atoms with Crippen molar-refractivity contribution in [2.45, 2.75) is 25.8 Å². The zero-order valence-corrected chi connectivity index (χ0v) is 16.3. The van der Waals surface area contributed by atoms with Gasteiger partial charge in [0.1, 0.15) is 6.04 Å². The molecule has 28 heavy (non-hydrogen) atoms. The first-order valence-corrected chi connectivity index (χ1v) is 10.7. The summed E-state index contributed by atoms with van der Waals surface area (Å²) in [5.74, 6) is 0.813. The van der Waals surface area contributed by atoms with Crippen molar-refractivity contribution in [3.05, 3.63) is 77.0 Å². The predicted octanol–water partition coefficient (Wildman–Crippen LogP) is 4.18. The second-order valence-corrected chi connectivity index (χ2v) is 8.62. The minimum Gasteiger partial charge on any atom is -0.337 e. The summed E-state index contributed by atoms with van der Waals surface area (Å²) in [6.07, 6.45) is 3.02. The van der Waals surface area contributed by atoms with Gasteiger partial charge in [0.2, 0.25) is 21.7 Å². The molecule has 1 unspecified atom stereocenters. The predicted molar refractivity (Wildman–Crippen MR) is 108 cm³/mol. The second-order valence-electron chi connectivity index (χ2n) is 6.85. The Kier molecular flexibility index (Phi) is 5.11. The maximum Gasteiger partial charge on any atom is 0.245 e. The van der Waals surface area contributed by atoms with Gasteiger partial charge < -0.3 is 4.52 Å². The molecule has 144 valence electrons. The molecular weight excluding hydrogens is 374 g/mol. The van der Waals surface area contributed by atoms with E-state index in [1.165, 1.54) is 9.71 Å². The van der Waals surface area contributed by atoms with Crippen LogP contribution in [0.2, 0.25) is 0 Å². The number of aryl methyl sites for hydroxylation is 1. The molecule has 0 N–H and O–H groups in total. The van der Waals surface area contributed by atoms with Crippen molar-refractivity contribution >= 4 is 16.1 Å². The molecule has 0 spiro atoms. The summed E-state index contributed by atoms with van der Waals surface area (Å²) in [6, 6.07) is 16.7. The van der Waals surface area contributed by atoms with Crippen molar-refractivity contribution in [1.82, 2.24) is 14.4 Å². The number of benzene rings is 2. The number of sulfonamides is 1. The van der Waals surface area contributed by atoms with Crippen molar-refractivity contribution in [1.29, 1.82) is 0 Å². The van der Waals surface area contributed by atoms with Crippen molar-refractivity contribution in [3.8, 4) is 11.4 Å². The zero-order chi connectivity index (χ0) is 19.6. The van der Waals surface area contributed by atoms with E-state index in [9.17, 15) is 8.42 Å². The summed E-state index contributed by atoms with van der Waals surface area (Å²) in [7, 11) is -3.59. The van der Waals surface area contributed by atoms with Crippen LogP contribution in [0.1, 0.15) is 35.9 Å². The van der Waals surface area contributed by atoms with Gasteiger partial charge in [-0.1, -0.05) is 59.3 Å². The van der Waals surface area contributed by atoms with E-state index < -0.39 is 16.1 Å². The standard InChI is InChI=1S/C21H21N3O3S/c1-16-7-5-10-18(15-16)20-22-21(27-23-20)19-11-6-13-24(19)28(25,26)14-12-17-8-3-2-4-9-17/h2-5,7-10,12,14-15,19H,6,11,13H2,1H3/b14-12+. The van der Waals surface area contributed by atoms with Crippen LogP contribution in [0.4, 0.5) is 0 Å². The largest absolute Gasteiger partial charge is 0.337 e. The molecule has 3 aromatic rings. The van der Waals surface area contributed by atoms with Crippen LogP contribution in [-0.4, -0.2) is 29.4 Å². The molecule has 0 bridgehead atoms. The van der Waals surface area contributed by atoms with Crippen molar-refractivity contribution in [2.24, 2.45) is 0 Å². The van der Waals surface area contributed by atoms with Gasteiger partial charge in [-0.2, -0.15) is 9.29 Å². The highest BCUT2D eigenvalue weighted by Crippen LogP contribution is 2.34. The second kappa shape index (κ2) is 7.69. The minimum absolute atomic E-state index is 0.339. The molecule has 1 aliphatic heterocycles. The third kappa shape index (κ3) is 3.90. The summed E-state index contributed by atoms with van der Waals surface area (Å²) in [5, 5.41) is 5.31. The zero-order valence-electron chi connectivity index (χ0n) is 15.5. The van der Waals surface area contributed by atoms with Crippen LogP contribution in [0.3, 0.4) is 0 Å². The lowest BCUT2D eigenvalue weighted by Crippen LogP contribution is -2.29. The van der Waals surface area contributed by atoms with Crippen molar-refractivity contribution < 1.29 is 12.9 Å². The molecule has 2 aromatic carbocycles. The van der Waals surface area contributed by atoms with Crippen LogP contribution in [0, 0.1) is 6.92 Å². The van der Waals surface area contributed by atoms with Gasteiger partial charge in [-0.05, 0) is 37.5 Å². The van der Waals surface area contributed by atoms with E-state index in [4.69, 9.17) is 4.52 Å². The molecular formula is C21H21N3O3S. The molecule has 1 fully saturated rings. The fourth-order valence-corrected chi connectivity index (χ4v) is 4.79. The smallest absolute Gasteiger partial charge is 0.245 e. The topological polar surface area (TPSA) is 76.3 Å².